The third-order valence-corrected chi connectivity index (χ3v) is 4.86. The summed E-state index contributed by atoms with van der Waals surface area (Å²) in [7, 11) is 0. The third kappa shape index (κ3) is 3.73. The van der Waals surface area contributed by atoms with Crippen LogP contribution in [0.4, 0.5) is 19.3 Å². The van der Waals surface area contributed by atoms with E-state index in [-0.39, 0.29) is 23.6 Å². The highest BCUT2D eigenvalue weighted by atomic mass is 19.1. The summed E-state index contributed by atoms with van der Waals surface area (Å²) >= 11 is 0. The highest BCUT2D eigenvalue weighted by Gasteiger charge is 2.42. The van der Waals surface area contributed by atoms with Gasteiger partial charge in [-0.1, -0.05) is 29.8 Å². The van der Waals surface area contributed by atoms with Gasteiger partial charge in [0.05, 0.1) is 17.3 Å². The summed E-state index contributed by atoms with van der Waals surface area (Å²) in [6.45, 7) is 1.31. The Hall–Kier alpha value is -3.75. The fraction of sp³-hybridized carbons (Fsp3) is 0.190. The second-order valence-electron chi connectivity index (χ2n) is 7.02. The predicted octanol–water partition coefficient (Wildman–Crippen LogP) is 2.79. The molecule has 9 heteroatoms. The molecule has 0 aliphatic carbocycles. The highest BCUT2D eigenvalue weighted by molar-refractivity contribution is 6.00. The average Bonchev–Trinajstić information content (AvgIpc) is 3.05. The van der Waals surface area contributed by atoms with E-state index in [1.807, 2.05) is 19.1 Å². The number of carbonyl (C=O) groups excluding carboxylic acids is 3. The van der Waals surface area contributed by atoms with Gasteiger partial charge >= 0.3 is 12.0 Å². The summed E-state index contributed by atoms with van der Waals surface area (Å²) in [6, 6.07) is 8.64. The number of benzene rings is 2. The van der Waals surface area contributed by atoms with Crippen molar-refractivity contribution in [3.63, 3.8) is 0 Å². The van der Waals surface area contributed by atoms with Crippen LogP contribution in [0.3, 0.4) is 0 Å². The Morgan fingerprint density at radius 1 is 1.17 bits per heavy atom. The normalized spacial score (nSPS) is 18.1. The van der Waals surface area contributed by atoms with Gasteiger partial charge in [-0.2, -0.15) is 0 Å². The van der Waals surface area contributed by atoms with E-state index >= 15 is 0 Å². The van der Waals surface area contributed by atoms with E-state index in [1.54, 1.807) is 12.1 Å². The number of rotatable bonds is 4. The first-order valence-corrected chi connectivity index (χ1v) is 9.12. The minimum Gasteiger partial charge on any atom is -0.456 e. The van der Waals surface area contributed by atoms with Gasteiger partial charge in [-0.15, -0.1) is 0 Å². The molecule has 3 amide bonds. The Kier molecular flexibility index (Phi) is 4.94. The van der Waals surface area contributed by atoms with Gasteiger partial charge in [-0.05, 0) is 24.6 Å². The SMILES string of the molecule is Cc1ccc([C@@H]2NC(=O)N(CC(=O)Nc3cc(F)cc(F)c3)C3=C2C(=O)OC3)cc1. The Morgan fingerprint density at radius 3 is 2.50 bits per heavy atom. The lowest BCUT2D eigenvalue weighted by atomic mass is 9.95. The van der Waals surface area contributed by atoms with Crippen LogP contribution in [0.5, 0.6) is 0 Å². The Balaban J connectivity index is 1.59. The van der Waals surface area contributed by atoms with Gasteiger partial charge in [-0.25, -0.2) is 18.4 Å². The molecule has 0 saturated carbocycles. The van der Waals surface area contributed by atoms with E-state index in [1.165, 1.54) is 0 Å². The molecule has 0 radical (unpaired) electrons. The van der Waals surface area contributed by atoms with Crippen LogP contribution in [-0.4, -0.2) is 36.0 Å². The summed E-state index contributed by atoms with van der Waals surface area (Å²) < 4.78 is 31.7. The van der Waals surface area contributed by atoms with Crippen molar-refractivity contribution in [1.82, 2.24) is 10.2 Å². The van der Waals surface area contributed by atoms with Crippen LogP contribution in [-0.2, 0) is 14.3 Å². The van der Waals surface area contributed by atoms with Gasteiger partial charge < -0.3 is 15.4 Å². The first-order valence-electron chi connectivity index (χ1n) is 9.12. The number of carbonyl (C=O) groups is 3. The average molecular weight is 413 g/mol. The molecule has 0 spiro atoms. The number of urea groups is 1. The standard InChI is InChI=1S/C21H17F2N3O4/c1-11-2-4-12(5-3-11)19-18-16(10-30-20(18)28)26(21(29)25-19)9-17(27)24-15-7-13(22)6-14(23)8-15/h2-8,19H,9-10H2,1H3,(H,24,27)(H,25,29)/t19-/m0/s1. The van der Waals surface area contributed by atoms with Crippen LogP contribution < -0.4 is 10.6 Å². The zero-order valence-electron chi connectivity index (χ0n) is 15.9. The van der Waals surface area contributed by atoms with Gasteiger partial charge in [0, 0.05) is 11.8 Å². The quantitative estimate of drug-likeness (QED) is 0.755. The number of aryl methyl sites for hydroxylation is 1. The largest absolute Gasteiger partial charge is 0.456 e. The number of amides is 3. The molecule has 2 N–H and O–H groups in total. The first-order chi connectivity index (χ1) is 14.3. The molecule has 30 heavy (non-hydrogen) atoms. The van der Waals surface area contributed by atoms with Crippen molar-refractivity contribution >= 4 is 23.6 Å². The van der Waals surface area contributed by atoms with Gasteiger partial charge in [0.15, 0.2) is 0 Å². The number of nitrogens with one attached hydrogen (secondary N) is 2. The van der Waals surface area contributed by atoms with Crippen LogP contribution in [0.1, 0.15) is 17.2 Å². The molecule has 0 aromatic heterocycles. The van der Waals surface area contributed by atoms with E-state index in [9.17, 15) is 23.2 Å². The van der Waals surface area contributed by atoms with Crippen molar-refractivity contribution in [2.24, 2.45) is 0 Å². The second-order valence-corrected chi connectivity index (χ2v) is 7.02. The zero-order valence-corrected chi connectivity index (χ0v) is 15.9. The van der Waals surface area contributed by atoms with E-state index in [0.717, 1.165) is 22.6 Å². The Bertz CT molecular complexity index is 1060. The van der Waals surface area contributed by atoms with Crippen molar-refractivity contribution in [3.8, 4) is 0 Å². The fourth-order valence-electron chi connectivity index (χ4n) is 3.46. The molecule has 154 valence electrons. The monoisotopic (exact) mass is 413 g/mol. The number of esters is 1. The molecule has 0 saturated heterocycles. The van der Waals surface area contributed by atoms with Crippen molar-refractivity contribution < 1.29 is 27.9 Å². The summed E-state index contributed by atoms with van der Waals surface area (Å²) in [4.78, 5) is 38.5. The highest BCUT2D eigenvalue weighted by Crippen LogP contribution is 2.35. The maximum atomic E-state index is 13.3. The smallest absolute Gasteiger partial charge is 0.338 e. The molecular weight excluding hydrogens is 396 g/mol. The van der Waals surface area contributed by atoms with E-state index in [0.29, 0.717) is 11.6 Å². The molecule has 2 aliphatic rings. The lowest BCUT2D eigenvalue weighted by Crippen LogP contribution is -2.49. The van der Waals surface area contributed by atoms with Crippen molar-refractivity contribution in [1.29, 1.82) is 0 Å². The molecule has 1 atom stereocenters. The third-order valence-electron chi connectivity index (χ3n) is 4.86. The molecule has 2 aromatic rings. The minimum atomic E-state index is -0.846. The molecule has 0 unspecified atom stereocenters. The van der Waals surface area contributed by atoms with Crippen LogP contribution in [0.25, 0.3) is 0 Å². The lowest BCUT2D eigenvalue weighted by molar-refractivity contribution is -0.136. The lowest BCUT2D eigenvalue weighted by Gasteiger charge is -2.32. The summed E-state index contributed by atoms with van der Waals surface area (Å²) in [5, 5.41) is 5.06. The summed E-state index contributed by atoms with van der Waals surface area (Å²) in [5.41, 5.74) is 2.19. The van der Waals surface area contributed by atoms with E-state index < -0.39 is 42.1 Å². The van der Waals surface area contributed by atoms with Crippen molar-refractivity contribution in [2.45, 2.75) is 13.0 Å². The zero-order chi connectivity index (χ0) is 21.4. The van der Waals surface area contributed by atoms with Gasteiger partial charge in [0.25, 0.3) is 0 Å². The van der Waals surface area contributed by atoms with Gasteiger partial charge in [0.2, 0.25) is 5.91 Å². The summed E-state index contributed by atoms with van der Waals surface area (Å²) in [5.74, 6) is -2.95. The summed E-state index contributed by atoms with van der Waals surface area (Å²) in [6.07, 6.45) is 0. The molecule has 2 aromatic carbocycles. The van der Waals surface area contributed by atoms with Crippen LogP contribution >= 0.6 is 0 Å². The number of hydrogen-bond donors (Lipinski definition) is 2. The molecule has 4 rings (SSSR count). The molecule has 2 aliphatic heterocycles. The fourth-order valence-corrected chi connectivity index (χ4v) is 3.46. The first kappa shape index (κ1) is 19.6. The van der Waals surface area contributed by atoms with E-state index in [4.69, 9.17) is 4.74 Å². The maximum absolute atomic E-state index is 13.3. The second kappa shape index (κ2) is 7.58. The number of anilines is 1. The molecule has 0 fully saturated rings. The Morgan fingerprint density at radius 2 is 1.83 bits per heavy atom. The molecule has 0 bridgehead atoms. The number of ether oxygens (including phenoxy) is 1. The molecule has 2 heterocycles. The number of halogens is 2. The van der Waals surface area contributed by atoms with Crippen molar-refractivity contribution in [3.05, 3.63) is 76.5 Å². The topological polar surface area (TPSA) is 87.7 Å². The van der Waals surface area contributed by atoms with Crippen molar-refractivity contribution in [2.75, 3.05) is 18.5 Å². The van der Waals surface area contributed by atoms with Crippen LogP contribution in [0.2, 0.25) is 0 Å². The predicted molar refractivity (Wildman–Crippen MR) is 102 cm³/mol. The van der Waals surface area contributed by atoms with Gasteiger partial charge in [-0.3, -0.25) is 9.69 Å². The van der Waals surface area contributed by atoms with Gasteiger partial charge in [0.1, 0.15) is 24.8 Å². The Labute approximate surface area is 170 Å². The number of cyclic esters (lactones) is 1. The molecule has 7 nitrogen and oxygen atoms in total. The van der Waals surface area contributed by atoms with Crippen LogP contribution in [0.15, 0.2) is 53.7 Å². The minimum absolute atomic E-state index is 0.0830. The number of nitrogens with zero attached hydrogens (tertiary/aromatic N) is 1. The van der Waals surface area contributed by atoms with Crippen LogP contribution in [0, 0.1) is 18.6 Å². The number of hydrogen-bond acceptors (Lipinski definition) is 4. The van der Waals surface area contributed by atoms with E-state index in [2.05, 4.69) is 10.6 Å². The maximum Gasteiger partial charge on any atom is 0.338 e. The molecular formula is C21H17F2N3O4.